The first-order valence-corrected chi connectivity index (χ1v) is 12.3. The lowest BCUT2D eigenvalue weighted by Gasteiger charge is -2.26. The average Bonchev–Trinajstić information content (AvgIpc) is 3.37. The highest BCUT2D eigenvalue weighted by molar-refractivity contribution is 5.58. The van der Waals surface area contributed by atoms with Crippen LogP contribution in [0.4, 0.5) is 11.6 Å². The monoisotopic (exact) mass is 515 g/mol. The Balaban J connectivity index is 1.19. The van der Waals surface area contributed by atoms with Crippen LogP contribution in [-0.4, -0.2) is 73.9 Å². The van der Waals surface area contributed by atoms with Crippen molar-refractivity contribution in [2.75, 3.05) is 44.6 Å². The average molecular weight is 516 g/mol. The van der Waals surface area contributed by atoms with Gasteiger partial charge in [-0.3, -0.25) is 9.58 Å². The molecule has 5 rings (SSSR count). The third-order valence-corrected chi connectivity index (χ3v) is 5.90. The maximum Gasteiger partial charge on any atom is 0.240 e. The Morgan fingerprint density at radius 1 is 1.08 bits per heavy atom. The first-order chi connectivity index (χ1) is 18.7. The molecule has 0 unspecified atom stereocenters. The van der Waals surface area contributed by atoms with Gasteiger partial charge in [0.25, 0.3) is 0 Å². The van der Waals surface area contributed by atoms with E-state index in [0.717, 1.165) is 43.9 Å². The third-order valence-electron chi connectivity index (χ3n) is 5.90. The molecule has 1 fully saturated rings. The molecule has 13 heteroatoms. The Morgan fingerprint density at radius 2 is 1.92 bits per heavy atom. The normalized spacial score (nSPS) is 13.7. The van der Waals surface area contributed by atoms with E-state index in [1.165, 1.54) is 6.20 Å². The van der Waals surface area contributed by atoms with Gasteiger partial charge in [-0.05, 0) is 11.6 Å². The molecular formula is C25H29N11O2. The second-order valence-electron chi connectivity index (χ2n) is 8.68. The van der Waals surface area contributed by atoms with E-state index in [0.29, 0.717) is 36.3 Å². The number of hydrogen-bond donors (Lipinski definition) is 3. The molecule has 0 atom stereocenters. The van der Waals surface area contributed by atoms with Gasteiger partial charge in [0.15, 0.2) is 23.1 Å². The van der Waals surface area contributed by atoms with Gasteiger partial charge in [-0.25, -0.2) is 20.5 Å². The van der Waals surface area contributed by atoms with E-state index in [9.17, 15) is 0 Å². The van der Waals surface area contributed by atoms with Crippen LogP contribution in [0.15, 0.2) is 60.4 Å². The molecule has 1 aromatic carbocycles. The number of aryl methyl sites for hydroxylation is 1. The van der Waals surface area contributed by atoms with Gasteiger partial charge in [-0.1, -0.05) is 18.2 Å². The molecule has 1 saturated heterocycles. The lowest BCUT2D eigenvalue weighted by Crippen LogP contribution is -2.44. The standard InChI is InChI=1S/C25H29N11O2/c1-35-17-21(15-32-35)38-22-16-31-25(34-26)24(33-22)28-12-18-3-2-4-19(11-18)23-29-13-20(14-30-23)37-10-9-36-7-5-27-6-8-36/h2-4,11,13-17,26-27H,5-10,12H2,1H3,(H,28,33). The van der Waals surface area contributed by atoms with E-state index >= 15 is 0 Å². The predicted molar refractivity (Wildman–Crippen MR) is 140 cm³/mol. The molecule has 1 aliphatic rings. The summed E-state index contributed by atoms with van der Waals surface area (Å²) in [5.41, 5.74) is 9.27. The fraction of sp³-hybridized carbons (Fsp3) is 0.320. The van der Waals surface area contributed by atoms with Gasteiger partial charge in [-0.2, -0.15) is 10.1 Å². The van der Waals surface area contributed by atoms with Gasteiger partial charge < -0.3 is 20.1 Å². The van der Waals surface area contributed by atoms with Crippen molar-refractivity contribution in [3.8, 4) is 28.8 Å². The van der Waals surface area contributed by atoms with Crippen LogP contribution in [-0.2, 0) is 13.6 Å². The van der Waals surface area contributed by atoms with Gasteiger partial charge in [0.2, 0.25) is 11.7 Å². The van der Waals surface area contributed by atoms with E-state index < -0.39 is 0 Å². The van der Waals surface area contributed by atoms with Crippen molar-refractivity contribution in [1.82, 2.24) is 39.9 Å². The van der Waals surface area contributed by atoms with E-state index in [4.69, 9.17) is 15.0 Å². The van der Waals surface area contributed by atoms with E-state index in [1.807, 2.05) is 24.3 Å². The number of hydrogen-bond acceptors (Lipinski definition) is 12. The second kappa shape index (κ2) is 12.2. The summed E-state index contributed by atoms with van der Waals surface area (Å²) in [6.07, 6.45) is 8.13. The van der Waals surface area contributed by atoms with Gasteiger partial charge in [-0.15, -0.1) is 5.11 Å². The molecule has 4 heterocycles. The number of rotatable bonds is 11. The quantitative estimate of drug-likeness (QED) is 0.254. The molecule has 13 nitrogen and oxygen atoms in total. The van der Waals surface area contributed by atoms with Gasteiger partial charge in [0.1, 0.15) is 6.61 Å². The van der Waals surface area contributed by atoms with Crippen molar-refractivity contribution >= 4 is 11.6 Å². The SMILES string of the molecule is Cn1cc(Oc2cnc(N=N)c(NCc3cccc(-c4ncc(OCCN5CCNCC5)cn4)c3)n2)cn1. The minimum Gasteiger partial charge on any atom is -0.489 e. The Labute approximate surface area is 219 Å². The minimum atomic E-state index is 0.163. The maximum absolute atomic E-state index is 7.42. The number of nitrogens with one attached hydrogen (secondary N) is 3. The largest absolute Gasteiger partial charge is 0.489 e. The first-order valence-electron chi connectivity index (χ1n) is 12.3. The summed E-state index contributed by atoms with van der Waals surface area (Å²) in [4.78, 5) is 19.9. The zero-order valence-electron chi connectivity index (χ0n) is 21.0. The van der Waals surface area contributed by atoms with Crippen molar-refractivity contribution in [2.24, 2.45) is 12.2 Å². The summed E-state index contributed by atoms with van der Waals surface area (Å²) < 4.78 is 13.2. The highest BCUT2D eigenvalue weighted by Gasteiger charge is 2.11. The van der Waals surface area contributed by atoms with Crippen LogP contribution in [0.25, 0.3) is 11.4 Å². The molecule has 0 spiro atoms. The van der Waals surface area contributed by atoms with Gasteiger partial charge >= 0.3 is 0 Å². The van der Waals surface area contributed by atoms with Gasteiger partial charge in [0, 0.05) is 51.9 Å². The zero-order chi connectivity index (χ0) is 26.2. The summed E-state index contributed by atoms with van der Waals surface area (Å²) in [7, 11) is 1.80. The fourth-order valence-corrected chi connectivity index (χ4v) is 3.96. The van der Waals surface area contributed by atoms with Crippen molar-refractivity contribution < 1.29 is 9.47 Å². The number of nitrogens with zero attached hydrogens (tertiary/aromatic N) is 8. The number of aromatic nitrogens is 6. The smallest absolute Gasteiger partial charge is 0.240 e. The molecule has 0 aliphatic carbocycles. The summed E-state index contributed by atoms with van der Waals surface area (Å²) in [5.74, 6) is 2.56. The molecule has 3 aromatic heterocycles. The van der Waals surface area contributed by atoms with Gasteiger partial charge in [0.05, 0.1) is 31.0 Å². The van der Waals surface area contributed by atoms with Crippen molar-refractivity contribution in [2.45, 2.75) is 6.54 Å². The predicted octanol–water partition coefficient (Wildman–Crippen LogP) is 3.02. The molecule has 0 amide bonds. The molecule has 4 aromatic rings. The Morgan fingerprint density at radius 3 is 2.68 bits per heavy atom. The minimum absolute atomic E-state index is 0.163. The molecule has 0 radical (unpaired) electrons. The number of piperazine rings is 1. The lowest BCUT2D eigenvalue weighted by molar-refractivity contribution is 0.191. The highest BCUT2D eigenvalue weighted by atomic mass is 16.5. The lowest BCUT2D eigenvalue weighted by atomic mass is 10.1. The van der Waals surface area contributed by atoms with Crippen LogP contribution in [0.5, 0.6) is 17.4 Å². The summed E-state index contributed by atoms with van der Waals surface area (Å²) in [5, 5.41) is 14.1. The fourth-order valence-electron chi connectivity index (χ4n) is 3.96. The van der Waals surface area contributed by atoms with E-state index in [2.05, 4.69) is 45.7 Å². The van der Waals surface area contributed by atoms with Crippen molar-refractivity contribution in [3.63, 3.8) is 0 Å². The van der Waals surface area contributed by atoms with Crippen LogP contribution >= 0.6 is 0 Å². The molecule has 1 aliphatic heterocycles. The zero-order valence-corrected chi connectivity index (χ0v) is 21.0. The number of ether oxygens (including phenoxy) is 2. The molecular weight excluding hydrogens is 486 g/mol. The van der Waals surface area contributed by atoms with Crippen LogP contribution in [0.2, 0.25) is 0 Å². The molecule has 38 heavy (non-hydrogen) atoms. The molecule has 0 saturated carbocycles. The molecule has 196 valence electrons. The van der Waals surface area contributed by atoms with Crippen molar-refractivity contribution in [3.05, 3.63) is 60.8 Å². The van der Waals surface area contributed by atoms with E-state index in [-0.39, 0.29) is 11.7 Å². The summed E-state index contributed by atoms with van der Waals surface area (Å²) >= 11 is 0. The van der Waals surface area contributed by atoms with Crippen LogP contribution in [0.1, 0.15) is 5.56 Å². The van der Waals surface area contributed by atoms with Crippen LogP contribution < -0.4 is 20.1 Å². The topological polar surface area (TPSA) is 151 Å². The van der Waals surface area contributed by atoms with Crippen molar-refractivity contribution in [1.29, 1.82) is 5.53 Å². The number of benzene rings is 1. The third kappa shape index (κ3) is 6.63. The van der Waals surface area contributed by atoms with E-state index in [1.54, 1.807) is 36.5 Å². The first kappa shape index (κ1) is 25.2. The Hall–Kier alpha value is -4.49. The van der Waals surface area contributed by atoms with Crippen LogP contribution in [0.3, 0.4) is 0 Å². The summed E-state index contributed by atoms with van der Waals surface area (Å²) in [6.45, 7) is 6.04. The Bertz CT molecular complexity index is 1350. The highest BCUT2D eigenvalue weighted by Crippen LogP contribution is 2.26. The second-order valence-corrected chi connectivity index (χ2v) is 8.68. The van der Waals surface area contributed by atoms with Crippen LogP contribution in [0, 0.1) is 5.53 Å². The number of anilines is 1. The molecule has 3 N–H and O–H groups in total. The summed E-state index contributed by atoms with van der Waals surface area (Å²) in [6, 6.07) is 7.87. The maximum atomic E-state index is 7.42. The Kier molecular flexibility index (Phi) is 8.06. The molecule has 0 bridgehead atoms.